The van der Waals surface area contributed by atoms with Gasteiger partial charge in [-0.1, -0.05) is 75.4 Å². The second-order valence-corrected chi connectivity index (χ2v) is 8.97. The molecule has 0 saturated carbocycles. The molecule has 0 aliphatic heterocycles. The second-order valence-electron chi connectivity index (χ2n) is 8.97. The van der Waals surface area contributed by atoms with E-state index in [-0.39, 0.29) is 28.6 Å². The second kappa shape index (κ2) is 11.1. The molecule has 0 radical (unpaired) electrons. The fourth-order valence-electron chi connectivity index (χ4n) is 4.48. The summed E-state index contributed by atoms with van der Waals surface area (Å²) in [5.74, 6) is -0.336. The van der Waals surface area contributed by atoms with Crippen molar-refractivity contribution in [3.05, 3.63) is 87.8 Å². The van der Waals surface area contributed by atoms with E-state index in [1.807, 2.05) is 43.3 Å². The van der Waals surface area contributed by atoms with Crippen LogP contribution in [0, 0.1) is 5.41 Å². The van der Waals surface area contributed by atoms with Gasteiger partial charge in [0.15, 0.2) is 0 Å². The molecule has 0 spiro atoms. The maximum absolute atomic E-state index is 13.4. The number of aromatic nitrogens is 3. The normalized spacial score (nSPS) is 12.2. The van der Waals surface area contributed by atoms with Crippen molar-refractivity contribution in [2.45, 2.75) is 58.4 Å². The van der Waals surface area contributed by atoms with Crippen LogP contribution in [0.1, 0.15) is 74.3 Å². The van der Waals surface area contributed by atoms with E-state index in [0.717, 1.165) is 24.8 Å². The summed E-state index contributed by atoms with van der Waals surface area (Å²) in [6.45, 7) is 4.70. The van der Waals surface area contributed by atoms with Gasteiger partial charge in [0, 0.05) is 12.7 Å². The average molecular weight is 472 g/mol. The fourth-order valence-corrected chi connectivity index (χ4v) is 4.48. The molecule has 1 unspecified atom stereocenters. The first-order chi connectivity index (χ1) is 17.0. The van der Waals surface area contributed by atoms with Crippen LogP contribution in [0.3, 0.4) is 0 Å². The highest BCUT2D eigenvalue weighted by atomic mass is 16.1. The van der Waals surface area contributed by atoms with Gasteiger partial charge in [-0.15, -0.1) is 0 Å². The Bertz CT molecular complexity index is 1440. The number of carbonyl (C=O) groups excluding carboxylic acids is 1. The molecule has 3 aromatic heterocycles. The summed E-state index contributed by atoms with van der Waals surface area (Å²) in [4.78, 5) is 31.3. The quantitative estimate of drug-likeness (QED) is 0.256. The van der Waals surface area contributed by atoms with E-state index in [2.05, 4.69) is 12.2 Å². The molecule has 0 aliphatic carbocycles. The highest BCUT2D eigenvalue weighted by Crippen LogP contribution is 2.20. The molecule has 4 aromatic rings. The van der Waals surface area contributed by atoms with Gasteiger partial charge in [-0.2, -0.15) is 0 Å². The fraction of sp³-hybridized carbons (Fsp3) is 0.357. The molecule has 3 heterocycles. The number of fused-ring (bicyclic) bond motifs is 2. The number of nitrogens with one attached hydrogen (secondary N) is 2. The van der Waals surface area contributed by atoms with Crippen LogP contribution >= 0.6 is 0 Å². The molecular weight excluding hydrogens is 438 g/mol. The summed E-state index contributed by atoms with van der Waals surface area (Å²) in [5.41, 5.74) is 1.83. The van der Waals surface area contributed by atoms with Crippen molar-refractivity contribution in [1.82, 2.24) is 19.3 Å². The summed E-state index contributed by atoms with van der Waals surface area (Å²) in [7, 11) is 0. The lowest BCUT2D eigenvalue weighted by Gasteiger charge is -2.21. The number of hydrogen-bond acceptors (Lipinski definition) is 4. The largest absolute Gasteiger partial charge is 0.352 e. The molecule has 1 atom stereocenters. The molecule has 0 bridgehead atoms. The molecule has 35 heavy (non-hydrogen) atoms. The third-order valence-corrected chi connectivity index (χ3v) is 6.49. The van der Waals surface area contributed by atoms with E-state index < -0.39 is 0 Å². The minimum absolute atomic E-state index is 0.0430. The number of rotatable bonds is 10. The molecule has 0 fully saturated rings. The number of nitrogens with zero attached hydrogens (tertiary/aromatic N) is 3. The molecule has 0 aliphatic rings. The van der Waals surface area contributed by atoms with Gasteiger partial charge in [0.25, 0.3) is 11.5 Å². The third kappa shape index (κ3) is 5.19. The number of unbranched alkanes of at least 4 members (excludes halogenated alkanes) is 5. The third-order valence-electron chi connectivity index (χ3n) is 6.49. The topological polar surface area (TPSA) is 92.2 Å². The number of amides is 1. The molecule has 1 aromatic carbocycles. The Balaban J connectivity index is 1.76. The Labute approximate surface area is 205 Å². The van der Waals surface area contributed by atoms with Crippen LogP contribution in [0.2, 0.25) is 0 Å². The molecule has 0 saturated heterocycles. The van der Waals surface area contributed by atoms with Crippen molar-refractivity contribution < 1.29 is 4.79 Å². The molecule has 182 valence electrons. The van der Waals surface area contributed by atoms with Crippen LogP contribution in [0.4, 0.5) is 0 Å². The summed E-state index contributed by atoms with van der Waals surface area (Å²) >= 11 is 0. The van der Waals surface area contributed by atoms with Crippen LogP contribution in [0.15, 0.2) is 65.6 Å². The number of pyridine rings is 2. The highest BCUT2D eigenvalue weighted by Gasteiger charge is 2.20. The predicted octanol–water partition coefficient (Wildman–Crippen LogP) is 4.83. The Morgan fingerprint density at radius 2 is 1.74 bits per heavy atom. The van der Waals surface area contributed by atoms with Crippen molar-refractivity contribution >= 4 is 22.6 Å². The molecule has 1 amide bonds. The summed E-state index contributed by atoms with van der Waals surface area (Å²) in [6, 6.07) is 16.4. The average Bonchev–Trinajstić information content (AvgIpc) is 2.88. The van der Waals surface area contributed by atoms with Gasteiger partial charge in [-0.25, -0.2) is 4.98 Å². The van der Waals surface area contributed by atoms with Crippen molar-refractivity contribution in [2.75, 3.05) is 6.54 Å². The van der Waals surface area contributed by atoms with Gasteiger partial charge < -0.3 is 9.88 Å². The highest BCUT2D eigenvalue weighted by molar-refractivity contribution is 5.96. The summed E-state index contributed by atoms with van der Waals surface area (Å²) in [6.07, 6.45) is 8.45. The monoisotopic (exact) mass is 471 g/mol. The first-order valence-corrected chi connectivity index (χ1v) is 12.5. The lowest BCUT2D eigenvalue weighted by Crippen LogP contribution is -2.36. The SMILES string of the molecule is CCCCCCCCNC(=O)c1cc2c(=O)n3ccccc3nc2n(C(C)c2ccccc2)c1=N. The van der Waals surface area contributed by atoms with Crippen LogP contribution < -0.4 is 16.4 Å². The van der Waals surface area contributed by atoms with E-state index in [1.165, 1.54) is 29.7 Å². The van der Waals surface area contributed by atoms with Crippen LogP contribution in [0.25, 0.3) is 16.7 Å². The van der Waals surface area contributed by atoms with E-state index in [4.69, 9.17) is 10.4 Å². The molecular formula is C28H33N5O2. The maximum atomic E-state index is 13.4. The van der Waals surface area contributed by atoms with E-state index in [0.29, 0.717) is 23.2 Å². The van der Waals surface area contributed by atoms with E-state index in [9.17, 15) is 9.59 Å². The summed E-state index contributed by atoms with van der Waals surface area (Å²) < 4.78 is 3.17. The maximum Gasteiger partial charge on any atom is 0.267 e. The van der Waals surface area contributed by atoms with Gasteiger partial charge in [0.2, 0.25) is 0 Å². The zero-order valence-corrected chi connectivity index (χ0v) is 20.5. The van der Waals surface area contributed by atoms with Crippen LogP contribution in [-0.4, -0.2) is 26.4 Å². The first-order valence-electron chi connectivity index (χ1n) is 12.5. The van der Waals surface area contributed by atoms with Gasteiger partial charge >= 0.3 is 0 Å². The van der Waals surface area contributed by atoms with Gasteiger partial charge in [-0.3, -0.25) is 19.4 Å². The predicted molar refractivity (Wildman–Crippen MR) is 139 cm³/mol. The Morgan fingerprint density at radius 1 is 1.03 bits per heavy atom. The van der Waals surface area contributed by atoms with Crippen molar-refractivity contribution in [2.24, 2.45) is 0 Å². The number of carbonyl (C=O) groups is 1. The van der Waals surface area contributed by atoms with Crippen LogP contribution in [0.5, 0.6) is 0 Å². The van der Waals surface area contributed by atoms with Gasteiger partial charge in [0.1, 0.15) is 16.8 Å². The zero-order valence-electron chi connectivity index (χ0n) is 20.5. The van der Waals surface area contributed by atoms with E-state index in [1.54, 1.807) is 22.9 Å². The lowest BCUT2D eigenvalue weighted by atomic mass is 10.1. The standard InChI is InChI=1S/C28H33N5O2/c1-3-4-5-6-7-12-17-30-27(34)22-19-23-26(31-24-16-11-13-18-32(24)28(23)35)33(25(22)29)20(2)21-14-9-8-10-15-21/h8-11,13-16,18-20,29H,3-7,12,17H2,1-2H3,(H,30,34). The number of benzene rings is 1. The van der Waals surface area contributed by atoms with Gasteiger partial charge in [-0.05, 0) is 37.1 Å². The smallest absolute Gasteiger partial charge is 0.267 e. The van der Waals surface area contributed by atoms with E-state index >= 15 is 0 Å². The minimum Gasteiger partial charge on any atom is -0.352 e. The van der Waals surface area contributed by atoms with Crippen molar-refractivity contribution in [1.29, 1.82) is 5.41 Å². The van der Waals surface area contributed by atoms with Crippen molar-refractivity contribution in [3.63, 3.8) is 0 Å². The minimum atomic E-state index is -0.336. The van der Waals surface area contributed by atoms with Crippen LogP contribution in [-0.2, 0) is 0 Å². The Kier molecular flexibility index (Phi) is 7.75. The molecule has 7 heteroatoms. The number of hydrogen-bond donors (Lipinski definition) is 2. The first kappa shape index (κ1) is 24.4. The Hall–Kier alpha value is -3.74. The van der Waals surface area contributed by atoms with Crippen molar-refractivity contribution in [3.8, 4) is 0 Å². The molecule has 2 N–H and O–H groups in total. The zero-order chi connectivity index (χ0) is 24.8. The Morgan fingerprint density at radius 3 is 2.51 bits per heavy atom. The van der Waals surface area contributed by atoms with Gasteiger partial charge in [0.05, 0.1) is 17.0 Å². The molecule has 7 nitrogen and oxygen atoms in total. The lowest BCUT2D eigenvalue weighted by molar-refractivity contribution is 0.0950. The summed E-state index contributed by atoms with van der Waals surface area (Å²) in [5, 5.41) is 12.2. The molecule has 4 rings (SSSR count).